The maximum atomic E-state index is 9.95. The van der Waals surface area contributed by atoms with Crippen molar-refractivity contribution in [3.8, 4) is 0 Å². The quantitative estimate of drug-likeness (QED) is 0.387. The second-order valence-corrected chi connectivity index (χ2v) is 4.94. The molecule has 1 aliphatic heterocycles. The van der Waals surface area contributed by atoms with Gasteiger partial charge < -0.3 is 30.3 Å². The molecule has 0 spiro atoms. The van der Waals surface area contributed by atoms with E-state index in [4.69, 9.17) is 4.74 Å². The van der Waals surface area contributed by atoms with Crippen molar-refractivity contribution >= 4 is 0 Å². The molecule has 6 nitrogen and oxygen atoms in total. The summed E-state index contributed by atoms with van der Waals surface area (Å²) < 4.78 is 5.39. The van der Waals surface area contributed by atoms with Gasteiger partial charge in [0.15, 0.2) is 0 Å². The molecule has 0 saturated heterocycles. The number of aliphatic hydroxyl groups excluding tert-OH is 5. The van der Waals surface area contributed by atoms with Crippen molar-refractivity contribution in [1.82, 2.24) is 0 Å². The SMILES string of the molecule is CCC[C@@H](O)[C@H]1OCC2=C1[C@@H](O)[C@@H](O)[C@@H](O)[C@H]2O. The van der Waals surface area contributed by atoms with E-state index < -0.39 is 36.6 Å². The number of hydrogen-bond acceptors (Lipinski definition) is 6. The first-order valence-corrected chi connectivity index (χ1v) is 6.23. The molecule has 0 saturated carbocycles. The summed E-state index contributed by atoms with van der Waals surface area (Å²) in [5.74, 6) is 0. The van der Waals surface area contributed by atoms with E-state index in [-0.39, 0.29) is 6.61 Å². The summed E-state index contributed by atoms with van der Waals surface area (Å²) in [5, 5.41) is 49.0. The third-order valence-electron chi connectivity index (χ3n) is 3.70. The van der Waals surface area contributed by atoms with Crippen LogP contribution in [0.3, 0.4) is 0 Å². The molecule has 6 heteroatoms. The predicted molar refractivity (Wildman–Crippen MR) is 61.7 cm³/mol. The Kier molecular flexibility index (Phi) is 4.05. The molecule has 0 unspecified atom stereocenters. The van der Waals surface area contributed by atoms with E-state index in [1.54, 1.807) is 0 Å². The van der Waals surface area contributed by atoms with Crippen LogP contribution in [0.1, 0.15) is 19.8 Å². The van der Waals surface area contributed by atoms with Gasteiger partial charge in [-0.15, -0.1) is 0 Å². The van der Waals surface area contributed by atoms with E-state index in [9.17, 15) is 25.5 Å². The van der Waals surface area contributed by atoms with Crippen molar-refractivity contribution in [2.45, 2.75) is 56.4 Å². The Morgan fingerprint density at radius 2 is 1.78 bits per heavy atom. The van der Waals surface area contributed by atoms with Crippen LogP contribution in [0.15, 0.2) is 11.1 Å². The third kappa shape index (κ3) is 2.09. The molecule has 0 aromatic heterocycles. The Labute approximate surface area is 105 Å². The number of rotatable bonds is 3. The predicted octanol–water partition coefficient (Wildman–Crippen LogP) is -1.70. The molecule has 0 bridgehead atoms. The van der Waals surface area contributed by atoms with Gasteiger partial charge in [0.1, 0.15) is 30.5 Å². The van der Waals surface area contributed by atoms with Gasteiger partial charge in [-0.25, -0.2) is 0 Å². The molecule has 104 valence electrons. The molecule has 2 rings (SSSR count). The average molecular weight is 260 g/mol. The van der Waals surface area contributed by atoms with Crippen LogP contribution < -0.4 is 0 Å². The summed E-state index contributed by atoms with van der Waals surface area (Å²) in [4.78, 5) is 0. The van der Waals surface area contributed by atoms with Crippen LogP contribution in [0.2, 0.25) is 0 Å². The van der Waals surface area contributed by atoms with Crippen molar-refractivity contribution in [3.63, 3.8) is 0 Å². The molecular weight excluding hydrogens is 240 g/mol. The topological polar surface area (TPSA) is 110 Å². The van der Waals surface area contributed by atoms with E-state index >= 15 is 0 Å². The molecule has 18 heavy (non-hydrogen) atoms. The zero-order chi connectivity index (χ0) is 13.4. The van der Waals surface area contributed by atoms with Crippen LogP contribution in [-0.4, -0.2) is 68.8 Å². The van der Waals surface area contributed by atoms with Gasteiger partial charge >= 0.3 is 0 Å². The molecule has 0 amide bonds. The first-order chi connectivity index (χ1) is 8.49. The highest BCUT2D eigenvalue weighted by Gasteiger charge is 2.48. The second-order valence-electron chi connectivity index (χ2n) is 4.94. The summed E-state index contributed by atoms with van der Waals surface area (Å²) in [7, 11) is 0. The highest BCUT2D eigenvalue weighted by molar-refractivity contribution is 5.36. The summed E-state index contributed by atoms with van der Waals surface area (Å²) in [5.41, 5.74) is 0.696. The smallest absolute Gasteiger partial charge is 0.113 e. The summed E-state index contributed by atoms with van der Waals surface area (Å²) in [6.45, 7) is 1.97. The monoisotopic (exact) mass is 260 g/mol. The minimum atomic E-state index is -1.46. The Bertz CT molecular complexity index is 341. The number of ether oxygens (including phenoxy) is 1. The summed E-state index contributed by atoms with van der Waals surface area (Å²) >= 11 is 0. The van der Waals surface area contributed by atoms with Crippen LogP contribution in [0, 0.1) is 0 Å². The van der Waals surface area contributed by atoms with Gasteiger partial charge in [0.25, 0.3) is 0 Å². The zero-order valence-corrected chi connectivity index (χ0v) is 10.2. The highest BCUT2D eigenvalue weighted by Crippen LogP contribution is 2.36. The normalized spacial score (nSPS) is 42.0. The van der Waals surface area contributed by atoms with Crippen molar-refractivity contribution < 1.29 is 30.3 Å². The van der Waals surface area contributed by atoms with Crippen LogP contribution in [0.25, 0.3) is 0 Å². The standard InChI is InChI=1S/C12H20O6/c1-2-3-6(13)12-7-5(4-18-12)8(14)10(16)11(17)9(7)15/h6,8-17H,2-4H2,1H3/t6-,8+,9-,10+,11-,12-/m1/s1. The minimum absolute atomic E-state index is 0.0583. The Morgan fingerprint density at radius 3 is 2.39 bits per heavy atom. The Morgan fingerprint density at radius 1 is 1.17 bits per heavy atom. The van der Waals surface area contributed by atoms with Crippen LogP contribution in [0.5, 0.6) is 0 Å². The maximum absolute atomic E-state index is 9.95. The largest absolute Gasteiger partial charge is 0.390 e. The van der Waals surface area contributed by atoms with Gasteiger partial charge in [-0.05, 0) is 17.6 Å². The molecule has 6 atom stereocenters. The summed E-state index contributed by atoms with van der Waals surface area (Å²) in [6.07, 6.45) is -5.69. The van der Waals surface area contributed by atoms with Crippen molar-refractivity contribution in [1.29, 1.82) is 0 Å². The van der Waals surface area contributed by atoms with Crippen molar-refractivity contribution in [3.05, 3.63) is 11.1 Å². The summed E-state index contributed by atoms with van der Waals surface area (Å²) in [6, 6.07) is 0. The lowest BCUT2D eigenvalue weighted by molar-refractivity contribution is -0.0988. The van der Waals surface area contributed by atoms with Crippen molar-refractivity contribution in [2.24, 2.45) is 0 Å². The van der Waals surface area contributed by atoms with Gasteiger partial charge in [0.05, 0.1) is 12.7 Å². The Hall–Kier alpha value is -0.500. The van der Waals surface area contributed by atoms with Gasteiger partial charge in [0, 0.05) is 0 Å². The highest BCUT2D eigenvalue weighted by atomic mass is 16.5. The zero-order valence-electron chi connectivity index (χ0n) is 10.2. The lowest BCUT2D eigenvalue weighted by Crippen LogP contribution is -2.52. The molecule has 2 aliphatic rings. The fraction of sp³-hybridized carbons (Fsp3) is 0.833. The first-order valence-electron chi connectivity index (χ1n) is 6.23. The van der Waals surface area contributed by atoms with E-state index in [0.29, 0.717) is 17.6 Å². The fourth-order valence-electron chi connectivity index (χ4n) is 2.68. The molecule has 1 heterocycles. The van der Waals surface area contributed by atoms with Crippen LogP contribution >= 0.6 is 0 Å². The molecule has 0 radical (unpaired) electrons. The first kappa shape index (κ1) is 13.9. The molecular formula is C12H20O6. The maximum Gasteiger partial charge on any atom is 0.113 e. The van der Waals surface area contributed by atoms with E-state index in [0.717, 1.165) is 6.42 Å². The number of aliphatic hydroxyl groups is 5. The van der Waals surface area contributed by atoms with E-state index in [2.05, 4.69) is 0 Å². The van der Waals surface area contributed by atoms with Gasteiger partial charge in [-0.1, -0.05) is 13.3 Å². The molecule has 0 aromatic carbocycles. The third-order valence-corrected chi connectivity index (χ3v) is 3.70. The number of hydrogen-bond donors (Lipinski definition) is 5. The fourth-order valence-corrected chi connectivity index (χ4v) is 2.68. The molecule has 0 aromatic rings. The van der Waals surface area contributed by atoms with Crippen LogP contribution in [-0.2, 0) is 4.74 Å². The molecule has 0 fully saturated rings. The van der Waals surface area contributed by atoms with Gasteiger partial charge in [0.2, 0.25) is 0 Å². The molecule has 5 N–H and O–H groups in total. The van der Waals surface area contributed by atoms with Gasteiger partial charge in [-0.2, -0.15) is 0 Å². The lowest BCUT2D eigenvalue weighted by Gasteiger charge is -2.35. The van der Waals surface area contributed by atoms with Crippen molar-refractivity contribution in [2.75, 3.05) is 6.61 Å². The lowest BCUT2D eigenvalue weighted by atomic mass is 9.81. The average Bonchev–Trinajstić information content (AvgIpc) is 2.79. The minimum Gasteiger partial charge on any atom is -0.390 e. The second kappa shape index (κ2) is 5.24. The van der Waals surface area contributed by atoms with Gasteiger partial charge in [-0.3, -0.25) is 0 Å². The van der Waals surface area contributed by atoms with E-state index in [1.807, 2.05) is 6.92 Å². The van der Waals surface area contributed by atoms with Crippen LogP contribution in [0.4, 0.5) is 0 Å². The van der Waals surface area contributed by atoms with E-state index in [1.165, 1.54) is 0 Å². The molecule has 1 aliphatic carbocycles. The Balaban J connectivity index is 2.28.